The summed E-state index contributed by atoms with van der Waals surface area (Å²) in [7, 11) is 0. The Balaban J connectivity index is 1.38. The highest BCUT2D eigenvalue weighted by molar-refractivity contribution is 6.06. The first-order chi connectivity index (χ1) is 11.6. The minimum Gasteiger partial charge on any atom is -0.367 e. The fourth-order valence-corrected chi connectivity index (χ4v) is 5.27. The zero-order valence-electron chi connectivity index (χ0n) is 14.0. The van der Waals surface area contributed by atoms with E-state index in [4.69, 9.17) is 0 Å². The molecular weight excluding hydrogens is 300 g/mol. The average molecular weight is 322 g/mol. The van der Waals surface area contributed by atoms with E-state index in [0.29, 0.717) is 23.7 Å². The second-order valence-electron chi connectivity index (χ2n) is 7.91. The normalized spacial score (nSPS) is 38.3. The monoisotopic (exact) mass is 322 g/mol. The van der Waals surface area contributed by atoms with Crippen molar-refractivity contribution < 1.29 is 9.59 Å². The number of carbonyl (C=O) groups excluding carboxylic acids is 2. The van der Waals surface area contributed by atoms with Crippen molar-refractivity contribution in [3.63, 3.8) is 0 Å². The molecule has 3 fully saturated rings. The Morgan fingerprint density at radius 3 is 2.29 bits per heavy atom. The molecule has 4 aliphatic carbocycles. The van der Waals surface area contributed by atoms with E-state index in [1.165, 1.54) is 11.3 Å². The molecule has 0 radical (unpaired) electrons. The van der Waals surface area contributed by atoms with Gasteiger partial charge in [-0.15, -0.1) is 0 Å². The van der Waals surface area contributed by atoms with E-state index in [9.17, 15) is 9.59 Å². The van der Waals surface area contributed by atoms with Gasteiger partial charge in [-0.1, -0.05) is 24.3 Å². The molecule has 1 saturated heterocycles. The summed E-state index contributed by atoms with van der Waals surface area (Å²) in [6, 6.07) is 6.19. The Bertz CT molecular complexity index is 748. The van der Waals surface area contributed by atoms with E-state index in [1.807, 2.05) is 13.8 Å². The van der Waals surface area contributed by atoms with Gasteiger partial charge in [0.2, 0.25) is 11.8 Å². The number of benzene rings is 1. The number of anilines is 1. The first-order valence-corrected chi connectivity index (χ1v) is 8.91. The van der Waals surface area contributed by atoms with Gasteiger partial charge in [0.05, 0.1) is 18.5 Å². The number of nitrogens with one attached hydrogen (secondary N) is 1. The van der Waals surface area contributed by atoms with E-state index < -0.39 is 0 Å². The molecule has 1 aliphatic heterocycles. The molecule has 1 heterocycles. The van der Waals surface area contributed by atoms with Crippen LogP contribution in [0.5, 0.6) is 0 Å². The van der Waals surface area contributed by atoms with Crippen molar-refractivity contribution >= 4 is 17.5 Å². The lowest BCUT2D eigenvalue weighted by Crippen LogP contribution is -2.40. The van der Waals surface area contributed by atoms with Gasteiger partial charge >= 0.3 is 0 Å². The minimum atomic E-state index is -0.100. The van der Waals surface area contributed by atoms with Crippen molar-refractivity contribution in [1.29, 1.82) is 0 Å². The van der Waals surface area contributed by atoms with Gasteiger partial charge in [0, 0.05) is 5.69 Å². The topological polar surface area (TPSA) is 49.4 Å². The van der Waals surface area contributed by atoms with Crippen molar-refractivity contribution in [3.8, 4) is 0 Å². The number of allylic oxidation sites excluding steroid dienone is 2. The van der Waals surface area contributed by atoms with Crippen LogP contribution in [-0.2, 0) is 9.59 Å². The van der Waals surface area contributed by atoms with E-state index in [2.05, 4.69) is 35.7 Å². The maximum atomic E-state index is 12.9. The molecule has 5 aliphatic rings. The zero-order valence-corrected chi connectivity index (χ0v) is 14.0. The fourth-order valence-electron chi connectivity index (χ4n) is 5.27. The molecule has 1 N–H and O–H groups in total. The summed E-state index contributed by atoms with van der Waals surface area (Å²) in [5.41, 5.74) is 3.28. The molecule has 6 atom stereocenters. The summed E-state index contributed by atoms with van der Waals surface area (Å²) in [5.74, 6) is 1.78. The molecule has 0 aromatic heterocycles. The molecule has 0 spiro atoms. The largest absolute Gasteiger partial charge is 0.367 e. The summed E-state index contributed by atoms with van der Waals surface area (Å²) in [5, 5.41) is 3.30. The van der Waals surface area contributed by atoms with Crippen LogP contribution < -0.4 is 5.32 Å². The van der Waals surface area contributed by atoms with Crippen molar-refractivity contribution in [2.75, 3.05) is 12.0 Å². The molecule has 4 nitrogen and oxygen atoms in total. The molecule has 2 saturated carbocycles. The number of hydrogen-bond acceptors (Lipinski definition) is 3. The van der Waals surface area contributed by atoms with E-state index in [0.717, 1.165) is 16.8 Å². The number of aryl methyl sites for hydroxylation is 2. The molecule has 124 valence electrons. The third-order valence-electron chi connectivity index (χ3n) is 6.57. The van der Waals surface area contributed by atoms with Gasteiger partial charge in [-0.3, -0.25) is 14.5 Å². The van der Waals surface area contributed by atoms with Crippen LogP contribution in [0.4, 0.5) is 5.69 Å². The first kappa shape index (κ1) is 14.3. The lowest BCUT2D eigenvalue weighted by Gasteiger charge is -2.37. The lowest BCUT2D eigenvalue weighted by atomic mass is 9.63. The van der Waals surface area contributed by atoms with Crippen LogP contribution in [0, 0.1) is 49.4 Å². The number of rotatable bonds is 3. The van der Waals surface area contributed by atoms with Gasteiger partial charge < -0.3 is 5.32 Å². The number of hydrogen-bond donors (Lipinski definition) is 1. The minimum absolute atomic E-state index is 0.0347. The summed E-state index contributed by atoms with van der Waals surface area (Å²) in [4.78, 5) is 27.3. The number of nitrogens with zero attached hydrogens (tertiary/aromatic N) is 1. The Hall–Kier alpha value is -2.10. The van der Waals surface area contributed by atoms with Gasteiger partial charge in [-0.2, -0.15) is 0 Å². The maximum absolute atomic E-state index is 12.9. The second kappa shape index (κ2) is 4.71. The van der Waals surface area contributed by atoms with Gasteiger partial charge in [0.25, 0.3) is 0 Å². The summed E-state index contributed by atoms with van der Waals surface area (Å²) in [6.45, 7) is 4.36. The van der Waals surface area contributed by atoms with Crippen LogP contribution in [-0.4, -0.2) is 23.4 Å². The molecule has 24 heavy (non-hydrogen) atoms. The van der Waals surface area contributed by atoms with Crippen molar-refractivity contribution in [1.82, 2.24) is 4.90 Å². The van der Waals surface area contributed by atoms with Crippen LogP contribution in [0.3, 0.4) is 0 Å². The lowest BCUT2D eigenvalue weighted by molar-refractivity contribution is -0.139. The van der Waals surface area contributed by atoms with Gasteiger partial charge in [-0.25, -0.2) is 0 Å². The molecule has 4 heteroatoms. The SMILES string of the molecule is Cc1ccc(C)c(NCN2C(=O)C3C4C=CC(C5CC45)C3C2=O)c1. The average Bonchev–Trinajstić information content (AvgIpc) is 3.35. The third-order valence-corrected chi connectivity index (χ3v) is 6.57. The zero-order chi connectivity index (χ0) is 16.6. The van der Waals surface area contributed by atoms with Crippen LogP contribution >= 0.6 is 0 Å². The highest BCUT2D eigenvalue weighted by Gasteiger charge is 2.66. The number of amides is 2. The molecular formula is C20H22N2O2. The van der Waals surface area contributed by atoms with Crippen LogP contribution in [0.1, 0.15) is 17.5 Å². The van der Waals surface area contributed by atoms with E-state index in [1.54, 1.807) is 0 Å². The predicted molar refractivity (Wildman–Crippen MR) is 91.0 cm³/mol. The van der Waals surface area contributed by atoms with Crippen LogP contribution in [0.15, 0.2) is 30.4 Å². The Labute approximate surface area is 141 Å². The first-order valence-electron chi connectivity index (χ1n) is 8.91. The number of imide groups is 1. The summed E-state index contributed by atoms with van der Waals surface area (Å²) >= 11 is 0. The summed E-state index contributed by atoms with van der Waals surface area (Å²) < 4.78 is 0. The van der Waals surface area contributed by atoms with E-state index in [-0.39, 0.29) is 30.3 Å². The van der Waals surface area contributed by atoms with Crippen LogP contribution in [0.2, 0.25) is 0 Å². The molecule has 2 bridgehead atoms. The van der Waals surface area contributed by atoms with E-state index >= 15 is 0 Å². The van der Waals surface area contributed by atoms with Gasteiger partial charge in [-0.05, 0) is 61.1 Å². The van der Waals surface area contributed by atoms with Crippen LogP contribution in [0.25, 0.3) is 0 Å². The molecule has 2 amide bonds. The third kappa shape index (κ3) is 1.80. The predicted octanol–water partition coefficient (Wildman–Crippen LogP) is 2.73. The molecule has 6 rings (SSSR count). The Morgan fingerprint density at radius 1 is 1.04 bits per heavy atom. The molecule has 1 aromatic rings. The number of carbonyl (C=O) groups is 2. The van der Waals surface area contributed by atoms with Gasteiger partial charge in [0.15, 0.2) is 0 Å². The van der Waals surface area contributed by atoms with Crippen molar-refractivity contribution in [2.45, 2.75) is 20.3 Å². The maximum Gasteiger partial charge on any atom is 0.235 e. The summed E-state index contributed by atoms with van der Waals surface area (Å²) in [6.07, 6.45) is 5.64. The van der Waals surface area contributed by atoms with Crippen molar-refractivity contribution in [2.24, 2.45) is 35.5 Å². The Kier molecular flexibility index (Phi) is 2.80. The quantitative estimate of drug-likeness (QED) is 0.688. The Morgan fingerprint density at radius 2 is 1.67 bits per heavy atom. The fraction of sp³-hybridized carbons (Fsp3) is 0.500. The standard InChI is InChI=1S/C20H22N2O2/c1-10-3-4-11(2)16(7-10)21-9-22-19(23)17-12-5-6-13(15-8-14(12)15)18(17)20(22)24/h3-7,12-15,17-18,21H,8-9H2,1-2H3. The van der Waals surface area contributed by atoms with Crippen molar-refractivity contribution in [3.05, 3.63) is 41.5 Å². The van der Waals surface area contributed by atoms with Gasteiger partial charge in [0.1, 0.15) is 0 Å². The smallest absolute Gasteiger partial charge is 0.235 e. The second-order valence-corrected chi connectivity index (χ2v) is 7.91. The number of likely N-dealkylation sites (tertiary alicyclic amines) is 1. The molecule has 1 aromatic carbocycles. The highest BCUT2D eigenvalue weighted by atomic mass is 16.2. The highest BCUT2D eigenvalue weighted by Crippen LogP contribution is 2.65. The molecule has 6 unspecified atom stereocenters.